The molecular formula is C27H22F3N3O4. The maximum atomic E-state index is 13.3. The highest BCUT2D eigenvalue weighted by Gasteiger charge is 2.31. The Kier molecular flexibility index (Phi) is 7.37. The Bertz CT molecular complexity index is 1530. The predicted octanol–water partition coefficient (Wildman–Crippen LogP) is 5.29. The van der Waals surface area contributed by atoms with Crippen molar-refractivity contribution in [3.8, 4) is 17.1 Å². The number of ether oxygens (including phenoxy) is 2. The van der Waals surface area contributed by atoms with Crippen molar-refractivity contribution in [2.75, 3.05) is 6.61 Å². The molecule has 190 valence electrons. The normalized spacial score (nSPS) is 12.6. The highest BCUT2D eigenvalue weighted by molar-refractivity contribution is 5.82. The van der Waals surface area contributed by atoms with Gasteiger partial charge in [0.15, 0.2) is 11.9 Å². The number of carbonyl (C=O) groups is 1. The molecule has 0 radical (unpaired) electrons. The standard InChI is InChI=1S/C27H22F3N3O4/c1-3-36-26(35)17(2)37-21-11-6-8-18(14-21)16-31-33-24(19-9-7-10-20(15-19)27(28,29)30)32-23-13-5-4-12-22(23)25(33)34/h4-17H,3H2,1-2H3/t17-/m0/s1. The minimum absolute atomic E-state index is 0.0469. The summed E-state index contributed by atoms with van der Waals surface area (Å²) in [4.78, 5) is 29.6. The molecule has 4 rings (SSSR count). The van der Waals surface area contributed by atoms with Crippen LogP contribution in [-0.2, 0) is 15.7 Å². The summed E-state index contributed by atoms with van der Waals surface area (Å²) in [5.41, 5.74) is -0.491. The number of para-hydroxylation sites is 1. The molecule has 0 fully saturated rings. The highest BCUT2D eigenvalue weighted by Crippen LogP contribution is 2.32. The van der Waals surface area contributed by atoms with Crippen molar-refractivity contribution >= 4 is 23.1 Å². The Morgan fingerprint density at radius 2 is 1.84 bits per heavy atom. The van der Waals surface area contributed by atoms with E-state index in [0.717, 1.165) is 16.8 Å². The number of fused-ring (bicyclic) bond motifs is 1. The number of hydrogen-bond donors (Lipinski definition) is 0. The van der Waals surface area contributed by atoms with E-state index in [1.807, 2.05) is 0 Å². The van der Waals surface area contributed by atoms with Gasteiger partial charge in [-0.15, -0.1) is 0 Å². The highest BCUT2D eigenvalue weighted by atomic mass is 19.4. The molecule has 7 nitrogen and oxygen atoms in total. The van der Waals surface area contributed by atoms with Crippen molar-refractivity contribution in [1.82, 2.24) is 9.66 Å². The van der Waals surface area contributed by atoms with E-state index in [1.54, 1.807) is 62.4 Å². The van der Waals surface area contributed by atoms with Gasteiger partial charge in [-0.1, -0.05) is 36.4 Å². The largest absolute Gasteiger partial charge is 0.479 e. The first-order chi connectivity index (χ1) is 17.7. The number of nitrogens with zero attached hydrogens (tertiary/aromatic N) is 3. The maximum Gasteiger partial charge on any atom is 0.416 e. The summed E-state index contributed by atoms with van der Waals surface area (Å²) in [5, 5.41) is 4.53. The Hall–Kier alpha value is -4.47. The lowest BCUT2D eigenvalue weighted by Crippen LogP contribution is -2.26. The molecule has 37 heavy (non-hydrogen) atoms. The molecule has 4 aromatic rings. The fourth-order valence-electron chi connectivity index (χ4n) is 3.56. The number of benzene rings is 3. The summed E-state index contributed by atoms with van der Waals surface area (Å²) in [6, 6.07) is 17.7. The Labute approximate surface area is 209 Å². The first-order valence-corrected chi connectivity index (χ1v) is 11.3. The third kappa shape index (κ3) is 5.85. The zero-order chi connectivity index (χ0) is 26.6. The summed E-state index contributed by atoms with van der Waals surface area (Å²) in [5.74, 6) is -0.193. The van der Waals surface area contributed by atoms with Crippen molar-refractivity contribution in [2.24, 2.45) is 5.10 Å². The van der Waals surface area contributed by atoms with Crippen LogP contribution in [-0.4, -0.2) is 34.6 Å². The lowest BCUT2D eigenvalue weighted by Gasteiger charge is -2.13. The summed E-state index contributed by atoms with van der Waals surface area (Å²) in [7, 11) is 0. The van der Waals surface area contributed by atoms with Gasteiger partial charge in [0.25, 0.3) is 5.56 Å². The summed E-state index contributed by atoms with van der Waals surface area (Å²) >= 11 is 0. The molecule has 0 amide bonds. The molecule has 0 bridgehead atoms. The van der Waals surface area contributed by atoms with E-state index in [9.17, 15) is 22.8 Å². The van der Waals surface area contributed by atoms with Gasteiger partial charge in [-0.25, -0.2) is 9.78 Å². The Morgan fingerprint density at radius 1 is 1.08 bits per heavy atom. The van der Waals surface area contributed by atoms with E-state index in [0.29, 0.717) is 16.8 Å². The average Bonchev–Trinajstić information content (AvgIpc) is 2.88. The Morgan fingerprint density at radius 3 is 2.59 bits per heavy atom. The zero-order valence-electron chi connectivity index (χ0n) is 19.9. The first-order valence-electron chi connectivity index (χ1n) is 11.3. The van der Waals surface area contributed by atoms with Crippen molar-refractivity contribution < 1.29 is 27.4 Å². The third-order valence-corrected chi connectivity index (χ3v) is 5.31. The number of carbonyl (C=O) groups excluding carboxylic acids is 1. The van der Waals surface area contributed by atoms with Gasteiger partial charge in [0.05, 0.1) is 29.3 Å². The van der Waals surface area contributed by atoms with Gasteiger partial charge in [0, 0.05) is 5.56 Å². The predicted molar refractivity (Wildman–Crippen MR) is 133 cm³/mol. The van der Waals surface area contributed by atoms with E-state index in [1.165, 1.54) is 18.3 Å². The number of halogens is 3. The molecule has 0 unspecified atom stereocenters. The molecule has 0 aliphatic carbocycles. The molecular weight excluding hydrogens is 487 g/mol. The van der Waals surface area contributed by atoms with E-state index >= 15 is 0 Å². The average molecular weight is 509 g/mol. The maximum absolute atomic E-state index is 13.3. The second-order valence-corrected chi connectivity index (χ2v) is 7.98. The lowest BCUT2D eigenvalue weighted by atomic mass is 10.1. The molecule has 0 saturated carbocycles. The molecule has 0 aliphatic heterocycles. The van der Waals surface area contributed by atoms with Gasteiger partial charge in [-0.3, -0.25) is 4.79 Å². The van der Waals surface area contributed by atoms with Crippen molar-refractivity contribution in [1.29, 1.82) is 0 Å². The third-order valence-electron chi connectivity index (χ3n) is 5.31. The van der Waals surface area contributed by atoms with Crippen molar-refractivity contribution in [2.45, 2.75) is 26.1 Å². The van der Waals surface area contributed by atoms with Crippen LogP contribution in [0.4, 0.5) is 13.2 Å². The molecule has 10 heteroatoms. The first kappa shape index (κ1) is 25.6. The number of alkyl halides is 3. The number of esters is 1. The van der Waals surface area contributed by atoms with Gasteiger partial charge < -0.3 is 9.47 Å². The van der Waals surface area contributed by atoms with Crippen LogP contribution in [0.3, 0.4) is 0 Å². The van der Waals surface area contributed by atoms with Gasteiger partial charge in [-0.2, -0.15) is 22.9 Å². The topological polar surface area (TPSA) is 82.8 Å². The van der Waals surface area contributed by atoms with Crippen LogP contribution in [0.5, 0.6) is 5.75 Å². The quantitative estimate of drug-likeness (QED) is 0.250. The summed E-state index contributed by atoms with van der Waals surface area (Å²) < 4.78 is 51.6. The van der Waals surface area contributed by atoms with E-state index in [-0.39, 0.29) is 23.4 Å². The second kappa shape index (κ2) is 10.7. The van der Waals surface area contributed by atoms with Crippen molar-refractivity contribution in [3.05, 3.63) is 94.3 Å². The summed E-state index contributed by atoms with van der Waals surface area (Å²) in [6.45, 7) is 3.47. The van der Waals surface area contributed by atoms with Crippen LogP contribution in [0.25, 0.3) is 22.3 Å². The van der Waals surface area contributed by atoms with Gasteiger partial charge in [-0.05, 0) is 55.8 Å². The van der Waals surface area contributed by atoms with Gasteiger partial charge >= 0.3 is 12.1 Å². The monoisotopic (exact) mass is 509 g/mol. The SMILES string of the molecule is CCOC(=O)[C@H](C)Oc1cccc(C=Nn2c(-c3cccc(C(F)(F)F)c3)nc3ccccc3c2=O)c1. The Balaban J connectivity index is 1.76. The molecule has 0 N–H and O–H groups in total. The molecule has 0 spiro atoms. The smallest absolute Gasteiger partial charge is 0.416 e. The van der Waals surface area contributed by atoms with E-state index < -0.39 is 29.4 Å². The molecule has 3 aromatic carbocycles. The van der Waals surface area contributed by atoms with Crippen LogP contribution >= 0.6 is 0 Å². The molecule has 1 aromatic heterocycles. The lowest BCUT2D eigenvalue weighted by molar-refractivity contribution is -0.150. The van der Waals surface area contributed by atoms with Gasteiger partial charge in [0.2, 0.25) is 0 Å². The van der Waals surface area contributed by atoms with Crippen LogP contribution in [0.2, 0.25) is 0 Å². The van der Waals surface area contributed by atoms with E-state index in [2.05, 4.69) is 10.1 Å². The second-order valence-electron chi connectivity index (χ2n) is 7.98. The van der Waals surface area contributed by atoms with E-state index in [4.69, 9.17) is 9.47 Å². The number of rotatable bonds is 7. The van der Waals surface area contributed by atoms with Crippen LogP contribution < -0.4 is 10.3 Å². The zero-order valence-corrected chi connectivity index (χ0v) is 19.9. The van der Waals surface area contributed by atoms with Crippen LogP contribution in [0.15, 0.2) is 82.7 Å². The minimum Gasteiger partial charge on any atom is -0.479 e. The molecule has 0 saturated heterocycles. The summed E-state index contributed by atoms with van der Waals surface area (Å²) in [6.07, 6.45) is -4.05. The fourth-order valence-corrected chi connectivity index (χ4v) is 3.56. The van der Waals surface area contributed by atoms with Gasteiger partial charge in [0.1, 0.15) is 5.75 Å². The molecule has 1 heterocycles. The molecule has 1 atom stereocenters. The number of aromatic nitrogens is 2. The minimum atomic E-state index is -4.57. The fraction of sp³-hybridized carbons (Fsp3) is 0.185. The van der Waals surface area contributed by atoms with Crippen LogP contribution in [0.1, 0.15) is 25.0 Å². The van der Waals surface area contributed by atoms with Crippen LogP contribution in [0, 0.1) is 0 Å². The number of hydrogen-bond acceptors (Lipinski definition) is 6. The molecule has 0 aliphatic rings. The van der Waals surface area contributed by atoms with Crippen molar-refractivity contribution in [3.63, 3.8) is 0 Å².